The van der Waals surface area contributed by atoms with Crippen LogP contribution in [-0.2, 0) is 13.0 Å². The summed E-state index contributed by atoms with van der Waals surface area (Å²) in [6.07, 6.45) is 7.18. The summed E-state index contributed by atoms with van der Waals surface area (Å²) in [5.74, 6) is 0.359. The van der Waals surface area contributed by atoms with Gasteiger partial charge >= 0.3 is 0 Å². The maximum Gasteiger partial charge on any atom is 0.115 e. The van der Waals surface area contributed by atoms with Crippen molar-refractivity contribution in [2.75, 3.05) is 0 Å². The Morgan fingerprint density at radius 2 is 2.25 bits per heavy atom. The lowest BCUT2D eigenvalue weighted by molar-refractivity contribution is 0.445. The molecule has 104 valence electrons. The van der Waals surface area contributed by atoms with Gasteiger partial charge in [0.1, 0.15) is 5.75 Å². The van der Waals surface area contributed by atoms with Crippen molar-refractivity contribution in [2.24, 2.45) is 0 Å². The topological polar surface area (TPSA) is 45.2 Å². The highest BCUT2D eigenvalue weighted by Crippen LogP contribution is 2.32. The van der Waals surface area contributed by atoms with E-state index in [9.17, 15) is 5.11 Å². The Labute approximate surface area is 119 Å². The number of aromatic nitrogens is 1. The van der Waals surface area contributed by atoms with Crippen LogP contribution < -0.4 is 5.32 Å². The Balaban J connectivity index is 1.77. The monoisotopic (exact) mass is 268 g/mol. The number of nitrogens with one attached hydrogen (secondary N) is 1. The number of phenolic OH excluding ortho intramolecular Hbond substituents is 1. The molecule has 2 aromatic rings. The minimum absolute atomic E-state index is 0.332. The molecule has 1 aromatic carbocycles. The summed E-state index contributed by atoms with van der Waals surface area (Å²) >= 11 is 0. The summed E-state index contributed by atoms with van der Waals surface area (Å²) in [4.78, 5) is 4.13. The lowest BCUT2D eigenvalue weighted by atomic mass is 9.87. The van der Waals surface area contributed by atoms with Crippen LogP contribution in [0, 0.1) is 6.92 Å². The SMILES string of the molecule is Cc1cnccc1CNC1CCCc2ccc(O)cc21. The van der Waals surface area contributed by atoms with Gasteiger partial charge in [-0.25, -0.2) is 0 Å². The van der Waals surface area contributed by atoms with Crippen LogP contribution in [0.25, 0.3) is 0 Å². The number of fused-ring (bicyclic) bond motifs is 1. The zero-order valence-electron chi connectivity index (χ0n) is 11.8. The number of phenols is 1. The first-order chi connectivity index (χ1) is 9.74. The van der Waals surface area contributed by atoms with Crippen molar-refractivity contribution in [3.63, 3.8) is 0 Å². The number of nitrogens with zero attached hydrogens (tertiary/aromatic N) is 1. The van der Waals surface area contributed by atoms with Crippen molar-refractivity contribution < 1.29 is 5.11 Å². The molecule has 3 rings (SSSR count). The first-order valence-electron chi connectivity index (χ1n) is 7.18. The van der Waals surface area contributed by atoms with Crippen LogP contribution in [0.3, 0.4) is 0 Å². The van der Waals surface area contributed by atoms with Crippen molar-refractivity contribution in [3.05, 3.63) is 58.9 Å². The molecule has 1 aliphatic carbocycles. The molecule has 2 N–H and O–H groups in total. The lowest BCUT2D eigenvalue weighted by Crippen LogP contribution is -2.25. The highest BCUT2D eigenvalue weighted by atomic mass is 16.3. The maximum absolute atomic E-state index is 9.70. The summed E-state index contributed by atoms with van der Waals surface area (Å²) in [7, 11) is 0. The minimum atomic E-state index is 0.332. The number of hydrogen-bond donors (Lipinski definition) is 2. The number of hydrogen-bond acceptors (Lipinski definition) is 3. The van der Waals surface area contributed by atoms with Crippen LogP contribution >= 0.6 is 0 Å². The van der Waals surface area contributed by atoms with Crippen molar-refractivity contribution in [2.45, 2.75) is 38.8 Å². The molecule has 3 heteroatoms. The molecule has 0 bridgehead atoms. The predicted octanol–water partition coefficient (Wildman–Crippen LogP) is 3.26. The molecule has 3 nitrogen and oxygen atoms in total. The summed E-state index contributed by atoms with van der Waals surface area (Å²) in [6.45, 7) is 2.93. The van der Waals surface area contributed by atoms with Gasteiger partial charge in [0.05, 0.1) is 0 Å². The Kier molecular flexibility index (Phi) is 3.70. The second-order valence-electron chi connectivity index (χ2n) is 5.51. The van der Waals surface area contributed by atoms with Gasteiger partial charge in [-0.1, -0.05) is 6.07 Å². The Morgan fingerprint density at radius 1 is 1.35 bits per heavy atom. The standard InChI is InChI=1S/C17H20N2O/c1-12-10-18-8-7-14(12)11-19-17-4-2-3-13-5-6-15(20)9-16(13)17/h5-10,17,19-20H,2-4,11H2,1H3. The molecule has 20 heavy (non-hydrogen) atoms. The van der Waals surface area contributed by atoms with E-state index >= 15 is 0 Å². The largest absolute Gasteiger partial charge is 0.508 e. The van der Waals surface area contributed by atoms with Gasteiger partial charge in [0, 0.05) is 25.0 Å². The number of pyridine rings is 1. The van der Waals surface area contributed by atoms with E-state index < -0.39 is 0 Å². The molecule has 1 aliphatic rings. The first-order valence-corrected chi connectivity index (χ1v) is 7.18. The van der Waals surface area contributed by atoms with E-state index in [0.29, 0.717) is 11.8 Å². The van der Waals surface area contributed by atoms with Crippen LogP contribution in [0.15, 0.2) is 36.7 Å². The maximum atomic E-state index is 9.70. The van der Waals surface area contributed by atoms with Gasteiger partial charge in [-0.05, 0) is 66.6 Å². The molecule has 1 unspecified atom stereocenters. The average molecular weight is 268 g/mol. The molecular formula is C17H20N2O. The van der Waals surface area contributed by atoms with Gasteiger partial charge in [-0.15, -0.1) is 0 Å². The number of aryl methyl sites for hydroxylation is 2. The van der Waals surface area contributed by atoms with E-state index in [1.54, 1.807) is 6.07 Å². The zero-order valence-corrected chi connectivity index (χ0v) is 11.8. The van der Waals surface area contributed by atoms with Crippen molar-refractivity contribution >= 4 is 0 Å². The fourth-order valence-electron chi connectivity index (χ4n) is 2.93. The molecule has 0 amide bonds. The van der Waals surface area contributed by atoms with Gasteiger partial charge < -0.3 is 10.4 Å². The highest BCUT2D eigenvalue weighted by Gasteiger charge is 2.20. The van der Waals surface area contributed by atoms with E-state index in [-0.39, 0.29) is 0 Å². The predicted molar refractivity (Wildman–Crippen MR) is 79.6 cm³/mol. The van der Waals surface area contributed by atoms with E-state index in [0.717, 1.165) is 19.4 Å². The second-order valence-corrected chi connectivity index (χ2v) is 5.51. The van der Waals surface area contributed by atoms with Crippen molar-refractivity contribution in [1.29, 1.82) is 0 Å². The number of benzene rings is 1. The third-order valence-corrected chi connectivity index (χ3v) is 4.12. The quantitative estimate of drug-likeness (QED) is 0.898. The van der Waals surface area contributed by atoms with E-state index in [1.165, 1.54) is 28.7 Å². The Bertz CT molecular complexity index is 610. The summed E-state index contributed by atoms with van der Waals surface area (Å²) in [6, 6.07) is 8.14. The Morgan fingerprint density at radius 3 is 3.10 bits per heavy atom. The number of aromatic hydroxyl groups is 1. The molecule has 0 fully saturated rings. The molecule has 1 aromatic heterocycles. The molecule has 0 aliphatic heterocycles. The lowest BCUT2D eigenvalue weighted by Gasteiger charge is -2.27. The summed E-state index contributed by atoms with van der Waals surface area (Å²) < 4.78 is 0. The fraction of sp³-hybridized carbons (Fsp3) is 0.353. The van der Waals surface area contributed by atoms with E-state index in [4.69, 9.17) is 0 Å². The summed E-state index contributed by atoms with van der Waals surface area (Å²) in [5, 5.41) is 13.3. The highest BCUT2D eigenvalue weighted by molar-refractivity contribution is 5.38. The van der Waals surface area contributed by atoms with Crippen molar-refractivity contribution in [3.8, 4) is 5.75 Å². The van der Waals surface area contributed by atoms with Gasteiger partial charge in [0.25, 0.3) is 0 Å². The summed E-state index contributed by atoms with van der Waals surface area (Å²) in [5.41, 5.74) is 5.11. The first kappa shape index (κ1) is 13.1. The number of rotatable bonds is 3. The molecule has 0 spiro atoms. The minimum Gasteiger partial charge on any atom is -0.508 e. The van der Waals surface area contributed by atoms with Gasteiger partial charge in [-0.3, -0.25) is 4.98 Å². The molecule has 0 saturated carbocycles. The van der Waals surface area contributed by atoms with Crippen LogP contribution in [0.5, 0.6) is 5.75 Å². The van der Waals surface area contributed by atoms with Crippen LogP contribution in [-0.4, -0.2) is 10.1 Å². The Hall–Kier alpha value is -1.87. The van der Waals surface area contributed by atoms with E-state index in [2.05, 4.69) is 29.4 Å². The van der Waals surface area contributed by atoms with Crippen LogP contribution in [0.4, 0.5) is 0 Å². The molecule has 1 heterocycles. The second kappa shape index (κ2) is 5.63. The molecule has 1 atom stereocenters. The normalized spacial score (nSPS) is 17.8. The van der Waals surface area contributed by atoms with E-state index in [1.807, 2.05) is 18.5 Å². The molecule has 0 saturated heterocycles. The molecular weight excluding hydrogens is 248 g/mol. The average Bonchev–Trinajstić information content (AvgIpc) is 2.46. The van der Waals surface area contributed by atoms with Gasteiger partial charge in [0.15, 0.2) is 0 Å². The third-order valence-electron chi connectivity index (χ3n) is 4.12. The smallest absolute Gasteiger partial charge is 0.115 e. The van der Waals surface area contributed by atoms with Crippen molar-refractivity contribution in [1.82, 2.24) is 10.3 Å². The van der Waals surface area contributed by atoms with Crippen LogP contribution in [0.2, 0.25) is 0 Å². The van der Waals surface area contributed by atoms with Gasteiger partial charge in [-0.2, -0.15) is 0 Å². The van der Waals surface area contributed by atoms with Crippen LogP contribution in [0.1, 0.15) is 41.1 Å². The van der Waals surface area contributed by atoms with Gasteiger partial charge in [0.2, 0.25) is 0 Å². The molecule has 0 radical (unpaired) electrons. The zero-order chi connectivity index (χ0) is 13.9. The third kappa shape index (κ3) is 2.68. The fourth-order valence-corrected chi connectivity index (χ4v) is 2.93.